The molecule has 0 aliphatic heterocycles. The Labute approximate surface area is 190 Å². The summed E-state index contributed by atoms with van der Waals surface area (Å²) < 4.78 is 4.60. The van der Waals surface area contributed by atoms with Gasteiger partial charge in [0.25, 0.3) is 0 Å². The van der Waals surface area contributed by atoms with Crippen LogP contribution in [0.3, 0.4) is 0 Å². The Morgan fingerprint density at radius 2 is 2.12 bits per heavy atom. The van der Waals surface area contributed by atoms with E-state index in [-0.39, 0.29) is 6.04 Å². The van der Waals surface area contributed by atoms with E-state index in [1.165, 1.54) is 7.11 Å². The van der Waals surface area contributed by atoms with Gasteiger partial charge in [0.15, 0.2) is 0 Å². The van der Waals surface area contributed by atoms with Crippen LogP contribution < -0.4 is 16.4 Å². The van der Waals surface area contributed by atoms with E-state index in [9.17, 15) is 10.1 Å². The number of carbonyl (C=O) groups excluding carboxylic acids is 1. The Morgan fingerprint density at radius 3 is 2.79 bits per heavy atom. The number of aromatic amines is 1. The second-order valence-electron chi connectivity index (χ2n) is 7.91. The van der Waals surface area contributed by atoms with Gasteiger partial charge in [-0.2, -0.15) is 5.26 Å². The Bertz CT molecular complexity index is 1230. The number of H-pyrrole nitrogens is 1. The number of carbonyl (C=O) groups is 1. The highest BCUT2D eigenvalue weighted by Gasteiger charge is 2.48. The smallest absolute Gasteiger partial charge is 0.407 e. The van der Waals surface area contributed by atoms with Gasteiger partial charge in [0.05, 0.1) is 36.5 Å². The molecule has 3 aromatic rings. The van der Waals surface area contributed by atoms with Crippen molar-refractivity contribution in [3.63, 3.8) is 0 Å². The van der Waals surface area contributed by atoms with E-state index < -0.39 is 11.5 Å². The molecule has 5 N–H and O–H groups in total. The number of nitrogens with zero attached hydrogens (tertiary/aromatic N) is 6. The molecular weight excluding hydrogens is 424 g/mol. The summed E-state index contributed by atoms with van der Waals surface area (Å²) in [4.78, 5) is 36.9. The molecule has 0 bridgehead atoms. The highest BCUT2D eigenvalue weighted by molar-refractivity contribution is 5.75. The fourth-order valence-electron chi connectivity index (χ4n) is 3.24. The first-order chi connectivity index (χ1) is 15.8. The topological polar surface area (TPSA) is 180 Å². The van der Waals surface area contributed by atoms with Crippen molar-refractivity contribution in [1.29, 1.82) is 5.26 Å². The van der Waals surface area contributed by atoms with Gasteiger partial charge < -0.3 is 26.1 Å². The quantitative estimate of drug-likeness (QED) is 0.417. The Balaban J connectivity index is 1.67. The van der Waals surface area contributed by atoms with E-state index in [4.69, 9.17) is 10.7 Å². The maximum atomic E-state index is 11.4. The lowest BCUT2D eigenvalue weighted by molar-refractivity contribution is 0.168. The van der Waals surface area contributed by atoms with Crippen LogP contribution in [0.15, 0.2) is 18.5 Å². The highest BCUT2D eigenvalue weighted by atomic mass is 16.5. The van der Waals surface area contributed by atoms with E-state index in [0.29, 0.717) is 52.6 Å². The summed E-state index contributed by atoms with van der Waals surface area (Å²) in [6.45, 7) is 3.99. The van der Waals surface area contributed by atoms with Crippen molar-refractivity contribution < 1.29 is 9.53 Å². The normalized spacial score (nSPS) is 14.7. The fourth-order valence-corrected chi connectivity index (χ4v) is 3.24. The van der Waals surface area contributed by atoms with Gasteiger partial charge in [-0.15, -0.1) is 0 Å². The largest absolute Gasteiger partial charge is 0.453 e. The predicted molar refractivity (Wildman–Crippen MR) is 120 cm³/mol. The summed E-state index contributed by atoms with van der Waals surface area (Å²) >= 11 is 0. The van der Waals surface area contributed by atoms with Gasteiger partial charge in [0.2, 0.25) is 5.95 Å². The van der Waals surface area contributed by atoms with E-state index in [1.54, 1.807) is 25.4 Å². The number of alkyl carbamates (subject to hydrolysis) is 1. The lowest BCUT2D eigenvalue weighted by Crippen LogP contribution is -2.37. The molecule has 1 fully saturated rings. The third-order valence-electron chi connectivity index (χ3n) is 5.38. The maximum absolute atomic E-state index is 11.4. The molecule has 12 nitrogen and oxygen atoms in total. The van der Waals surface area contributed by atoms with Crippen molar-refractivity contribution in [2.45, 2.75) is 38.1 Å². The van der Waals surface area contributed by atoms with E-state index in [1.807, 2.05) is 6.92 Å². The minimum atomic E-state index is -0.619. The van der Waals surface area contributed by atoms with Crippen LogP contribution in [-0.2, 0) is 10.2 Å². The summed E-state index contributed by atoms with van der Waals surface area (Å²) in [6.07, 6.45) is 4.14. The van der Waals surface area contributed by atoms with E-state index in [0.717, 1.165) is 12.8 Å². The Hall–Kier alpha value is -4.27. The average Bonchev–Trinajstić information content (AvgIpc) is 3.50. The summed E-state index contributed by atoms with van der Waals surface area (Å²) in [5, 5.41) is 15.4. The zero-order valence-electron chi connectivity index (χ0n) is 18.5. The van der Waals surface area contributed by atoms with Crippen LogP contribution in [0.5, 0.6) is 0 Å². The second-order valence-corrected chi connectivity index (χ2v) is 7.91. The van der Waals surface area contributed by atoms with Crippen molar-refractivity contribution in [3.05, 3.63) is 30.0 Å². The van der Waals surface area contributed by atoms with Crippen LogP contribution in [0.1, 0.15) is 31.3 Å². The highest BCUT2D eigenvalue weighted by Crippen LogP contribution is 2.47. The number of methoxy groups -OCH3 is 1. The first-order valence-electron chi connectivity index (χ1n) is 10.4. The van der Waals surface area contributed by atoms with Crippen molar-refractivity contribution in [3.8, 4) is 28.8 Å². The van der Waals surface area contributed by atoms with Gasteiger partial charge in [-0.1, -0.05) is 0 Å². The van der Waals surface area contributed by atoms with Crippen molar-refractivity contribution in [2.24, 2.45) is 0 Å². The molecule has 1 aliphatic carbocycles. The number of ether oxygens (including phenoxy) is 1. The number of nitrogen functional groups attached to an aromatic ring is 1. The second kappa shape index (κ2) is 8.70. The standard InChI is InChI=1S/C21H24N10O2/c1-11(27-20(32)33-3)8-26-19-24-7-4-13(29-19)15-16(14-9-25-17(23)12(2)28-14)31-18(30-15)21(10-22)5-6-21/h4,7,9,11H,5-6,8H2,1-3H3,(H2,23,25)(H,27,32)(H,30,31)(H,24,26,29)/t11-/m0/s1. The van der Waals surface area contributed by atoms with Gasteiger partial charge in [0.1, 0.15) is 28.4 Å². The molecule has 4 rings (SSSR count). The zero-order valence-corrected chi connectivity index (χ0v) is 18.5. The number of hydrogen-bond donors (Lipinski definition) is 4. The molecule has 0 radical (unpaired) electrons. The molecule has 0 unspecified atom stereocenters. The average molecular weight is 448 g/mol. The summed E-state index contributed by atoms with van der Waals surface area (Å²) in [6, 6.07) is 3.89. The predicted octanol–water partition coefficient (Wildman–Crippen LogP) is 1.93. The molecule has 1 atom stereocenters. The number of amides is 1. The van der Waals surface area contributed by atoms with E-state index >= 15 is 0 Å². The number of anilines is 2. The summed E-state index contributed by atoms with van der Waals surface area (Å²) in [5.41, 5.74) is 8.03. The molecule has 33 heavy (non-hydrogen) atoms. The summed E-state index contributed by atoms with van der Waals surface area (Å²) in [7, 11) is 1.31. The lowest BCUT2D eigenvalue weighted by atomic mass is 10.1. The molecule has 0 spiro atoms. The molecule has 3 aromatic heterocycles. The maximum Gasteiger partial charge on any atom is 0.407 e. The minimum absolute atomic E-state index is 0.211. The third-order valence-corrected chi connectivity index (χ3v) is 5.38. The number of nitrogens with two attached hydrogens (primary N) is 1. The van der Waals surface area contributed by atoms with E-state index in [2.05, 4.69) is 46.4 Å². The van der Waals surface area contributed by atoms with Crippen LogP contribution >= 0.6 is 0 Å². The third kappa shape index (κ3) is 4.52. The summed E-state index contributed by atoms with van der Waals surface area (Å²) in [5.74, 6) is 1.29. The van der Waals surface area contributed by atoms with Gasteiger partial charge in [-0.3, -0.25) is 0 Å². The van der Waals surface area contributed by atoms with Gasteiger partial charge in [0, 0.05) is 18.8 Å². The number of nitriles is 1. The molecule has 170 valence electrons. The molecule has 12 heteroatoms. The van der Waals surface area contributed by atoms with Crippen LogP contribution in [0, 0.1) is 18.3 Å². The lowest BCUT2D eigenvalue weighted by Gasteiger charge is -2.14. The number of aromatic nitrogens is 6. The first-order valence-corrected chi connectivity index (χ1v) is 10.4. The number of aryl methyl sites for hydroxylation is 1. The molecule has 1 amide bonds. The molecule has 3 heterocycles. The SMILES string of the molecule is COC(=O)N[C@@H](C)CNc1nccc(-c2[nH]c(C3(C#N)CC3)nc2-c2cnc(N)c(C)n2)n1. The van der Waals surface area contributed by atoms with Crippen LogP contribution in [0.4, 0.5) is 16.6 Å². The van der Waals surface area contributed by atoms with Crippen LogP contribution in [-0.4, -0.2) is 55.7 Å². The number of rotatable bonds is 7. The van der Waals surface area contributed by atoms with Gasteiger partial charge in [-0.25, -0.2) is 29.7 Å². The van der Waals surface area contributed by atoms with Gasteiger partial charge >= 0.3 is 6.09 Å². The molecule has 1 saturated carbocycles. The monoisotopic (exact) mass is 448 g/mol. The van der Waals surface area contributed by atoms with Crippen molar-refractivity contribution in [1.82, 2.24) is 35.2 Å². The zero-order chi connectivity index (χ0) is 23.6. The molecule has 1 aliphatic rings. The minimum Gasteiger partial charge on any atom is -0.453 e. The van der Waals surface area contributed by atoms with Crippen molar-refractivity contribution >= 4 is 17.9 Å². The number of nitrogens with one attached hydrogen (secondary N) is 3. The number of imidazole rings is 1. The van der Waals surface area contributed by atoms with Gasteiger partial charge in [-0.05, 0) is 32.8 Å². The fraction of sp³-hybridized carbons (Fsp3) is 0.381. The molecule has 0 saturated heterocycles. The Morgan fingerprint density at radius 1 is 1.33 bits per heavy atom. The Kier molecular flexibility index (Phi) is 5.78. The van der Waals surface area contributed by atoms with Crippen LogP contribution in [0.2, 0.25) is 0 Å². The number of hydrogen-bond acceptors (Lipinski definition) is 10. The van der Waals surface area contributed by atoms with Crippen LogP contribution in [0.25, 0.3) is 22.8 Å². The molecular formula is C21H24N10O2. The molecule has 0 aromatic carbocycles. The first kappa shape index (κ1) is 21.9. The van der Waals surface area contributed by atoms with Crippen molar-refractivity contribution in [2.75, 3.05) is 24.7 Å².